The Balaban J connectivity index is 2.32. The maximum absolute atomic E-state index is 13.4. The molecule has 0 bridgehead atoms. The summed E-state index contributed by atoms with van der Waals surface area (Å²) < 4.78 is 0. The highest BCUT2D eigenvalue weighted by Crippen LogP contribution is 2.19. The molecule has 7 N–H and O–H groups in total. The van der Waals surface area contributed by atoms with Crippen molar-refractivity contribution in [3.63, 3.8) is 0 Å². The van der Waals surface area contributed by atoms with Gasteiger partial charge in [-0.15, -0.1) is 0 Å². The van der Waals surface area contributed by atoms with Gasteiger partial charge in [0, 0.05) is 23.5 Å². The van der Waals surface area contributed by atoms with Crippen molar-refractivity contribution in [1.29, 1.82) is 0 Å². The number of aliphatic carboxylic acids is 1. The molecule has 1 aromatic carbocycles. The lowest BCUT2D eigenvalue weighted by molar-refractivity contribution is -0.143. The second-order valence-electron chi connectivity index (χ2n) is 9.95. The second kappa shape index (κ2) is 14.8. The van der Waals surface area contributed by atoms with Crippen molar-refractivity contribution in [2.24, 2.45) is 17.6 Å². The third-order valence-electron chi connectivity index (χ3n) is 6.77. The average Bonchev–Trinajstić information content (AvgIpc) is 3.30. The molecule has 0 fully saturated rings. The molecule has 5 atom stereocenters. The fourth-order valence-electron chi connectivity index (χ4n) is 4.05. The van der Waals surface area contributed by atoms with E-state index in [1.807, 2.05) is 44.4 Å². The van der Waals surface area contributed by atoms with Crippen molar-refractivity contribution in [2.75, 3.05) is 12.0 Å². The number of benzene rings is 1. The van der Waals surface area contributed by atoms with E-state index in [4.69, 9.17) is 5.73 Å². The minimum absolute atomic E-state index is 0.0661. The van der Waals surface area contributed by atoms with Crippen LogP contribution in [0.3, 0.4) is 0 Å². The summed E-state index contributed by atoms with van der Waals surface area (Å²) >= 11 is 1.53. The maximum atomic E-state index is 13.4. The highest BCUT2D eigenvalue weighted by atomic mass is 32.2. The fraction of sp³-hybridized carbons (Fsp3) is 0.556. The van der Waals surface area contributed by atoms with Crippen molar-refractivity contribution in [2.45, 2.75) is 71.1 Å². The molecular weight excluding hydrogens is 506 g/mol. The lowest BCUT2D eigenvalue weighted by Crippen LogP contribution is -2.58. The molecule has 0 aliphatic heterocycles. The van der Waals surface area contributed by atoms with Gasteiger partial charge in [0.1, 0.15) is 18.1 Å². The summed E-state index contributed by atoms with van der Waals surface area (Å²) in [5.74, 6) is -2.56. The Kier molecular flexibility index (Phi) is 12.1. The monoisotopic (exact) mass is 547 g/mol. The van der Waals surface area contributed by atoms with Gasteiger partial charge < -0.3 is 31.8 Å². The Hall–Kier alpha value is -3.05. The van der Waals surface area contributed by atoms with Gasteiger partial charge in [-0.25, -0.2) is 4.79 Å². The number of carbonyl (C=O) groups excluding carboxylic acids is 3. The number of fused-ring (bicyclic) bond motifs is 1. The Morgan fingerprint density at radius 3 is 2.24 bits per heavy atom. The van der Waals surface area contributed by atoms with Gasteiger partial charge in [-0.05, 0) is 41.9 Å². The number of aromatic amines is 1. The molecule has 1 heterocycles. The highest BCUT2D eigenvalue weighted by Gasteiger charge is 2.32. The van der Waals surface area contributed by atoms with Gasteiger partial charge in [0.2, 0.25) is 17.7 Å². The van der Waals surface area contributed by atoms with Crippen molar-refractivity contribution < 1.29 is 24.3 Å². The van der Waals surface area contributed by atoms with E-state index in [9.17, 15) is 24.3 Å². The van der Waals surface area contributed by atoms with Gasteiger partial charge in [-0.2, -0.15) is 11.8 Å². The maximum Gasteiger partial charge on any atom is 0.326 e. The molecule has 1 aromatic heterocycles. The van der Waals surface area contributed by atoms with Crippen molar-refractivity contribution >= 4 is 46.4 Å². The predicted molar refractivity (Wildman–Crippen MR) is 151 cm³/mol. The van der Waals surface area contributed by atoms with Gasteiger partial charge in [0.25, 0.3) is 0 Å². The van der Waals surface area contributed by atoms with Crippen LogP contribution in [0.25, 0.3) is 10.9 Å². The summed E-state index contributed by atoms with van der Waals surface area (Å²) in [6, 6.07) is 3.72. The van der Waals surface area contributed by atoms with Crippen LogP contribution in [0.1, 0.15) is 46.1 Å². The molecule has 0 spiro atoms. The number of amides is 3. The number of para-hydroxylation sites is 1. The number of carboxylic acid groups (broad SMARTS) is 1. The molecule has 3 amide bonds. The first kappa shape index (κ1) is 31.2. The van der Waals surface area contributed by atoms with Gasteiger partial charge in [-0.3, -0.25) is 14.4 Å². The quantitative estimate of drug-likeness (QED) is 0.198. The van der Waals surface area contributed by atoms with Crippen molar-refractivity contribution in [3.8, 4) is 0 Å². The smallest absolute Gasteiger partial charge is 0.326 e. The first-order chi connectivity index (χ1) is 18.0. The summed E-state index contributed by atoms with van der Waals surface area (Å²) in [6.07, 6.45) is 4.85. The predicted octanol–water partition coefficient (Wildman–Crippen LogP) is 2.03. The van der Waals surface area contributed by atoms with Crippen LogP contribution in [0, 0.1) is 11.8 Å². The Bertz CT molecular complexity index is 1100. The molecule has 0 aliphatic carbocycles. The van der Waals surface area contributed by atoms with Crippen molar-refractivity contribution in [3.05, 3.63) is 36.0 Å². The van der Waals surface area contributed by atoms with Gasteiger partial charge in [-0.1, -0.05) is 52.3 Å². The number of carboxylic acids is 1. The lowest BCUT2D eigenvalue weighted by Gasteiger charge is -2.26. The number of carbonyl (C=O) groups is 4. The standard InChI is InChI=1S/C27H41N5O5S/c1-6-16(4)22(28)26(35)30-20(11-12-38-5)24(33)31-21(25(34)32-23(15(2)3)27(36)37)13-17-14-29-19-10-8-7-9-18(17)19/h7-10,14-16,20-23,29H,6,11-13,28H2,1-5H3,(H,30,35)(H,31,33)(H,32,34)(H,36,37). The molecule has 2 rings (SSSR count). The summed E-state index contributed by atoms with van der Waals surface area (Å²) in [4.78, 5) is 54.4. The number of hydrogen-bond acceptors (Lipinski definition) is 6. The summed E-state index contributed by atoms with van der Waals surface area (Å²) in [5.41, 5.74) is 7.75. The largest absolute Gasteiger partial charge is 0.480 e. The van der Waals surface area contributed by atoms with Crippen LogP contribution >= 0.6 is 11.8 Å². The van der Waals surface area contributed by atoms with E-state index in [0.29, 0.717) is 18.6 Å². The normalized spacial score (nSPS) is 15.3. The molecule has 5 unspecified atom stereocenters. The van der Waals surface area contributed by atoms with Crippen LogP contribution in [0.4, 0.5) is 0 Å². The third kappa shape index (κ3) is 8.49. The Morgan fingerprint density at radius 1 is 1.00 bits per heavy atom. The topological polar surface area (TPSA) is 166 Å². The first-order valence-electron chi connectivity index (χ1n) is 12.9. The van der Waals surface area contributed by atoms with Gasteiger partial charge in [0.05, 0.1) is 6.04 Å². The average molecular weight is 548 g/mol. The van der Waals surface area contributed by atoms with E-state index in [1.54, 1.807) is 20.0 Å². The number of rotatable bonds is 15. The molecule has 0 saturated carbocycles. The molecule has 38 heavy (non-hydrogen) atoms. The van der Waals surface area contributed by atoms with E-state index in [1.165, 1.54) is 11.8 Å². The van der Waals surface area contributed by atoms with E-state index in [-0.39, 0.29) is 18.3 Å². The van der Waals surface area contributed by atoms with Crippen LogP contribution in [0.5, 0.6) is 0 Å². The highest BCUT2D eigenvalue weighted by molar-refractivity contribution is 7.98. The molecular formula is C27H41N5O5S. The Labute approximate surface area is 228 Å². The molecule has 0 radical (unpaired) electrons. The number of nitrogens with two attached hydrogens (primary N) is 1. The summed E-state index contributed by atoms with van der Waals surface area (Å²) in [6.45, 7) is 7.20. The first-order valence-corrected chi connectivity index (χ1v) is 14.3. The molecule has 0 aliphatic rings. The molecule has 10 nitrogen and oxygen atoms in total. The number of thioether (sulfide) groups is 1. The fourth-order valence-corrected chi connectivity index (χ4v) is 4.53. The lowest BCUT2D eigenvalue weighted by atomic mass is 9.98. The van der Waals surface area contributed by atoms with Gasteiger partial charge >= 0.3 is 5.97 Å². The zero-order valence-electron chi connectivity index (χ0n) is 22.7. The number of aromatic nitrogens is 1. The Morgan fingerprint density at radius 2 is 1.63 bits per heavy atom. The summed E-state index contributed by atoms with van der Waals surface area (Å²) in [7, 11) is 0. The minimum atomic E-state index is -1.16. The number of H-pyrrole nitrogens is 1. The van der Waals surface area contributed by atoms with E-state index in [2.05, 4.69) is 20.9 Å². The van der Waals surface area contributed by atoms with Crippen LogP contribution in [0.2, 0.25) is 0 Å². The van der Waals surface area contributed by atoms with Crippen molar-refractivity contribution in [1.82, 2.24) is 20.9 Å². The number of nitrogens with one attached hydrogen (secondary N) is 4. The summed E-state index contributed by atoms with van der Waals surface area (Å²) in [5, 5.41) is 18.6. The van der Waals surface area contributed by atoms with E-state index >= 15 is 0 Å². The minimum Gasteiger partial charge on any atom is -0.480 e. The third-order valence-corrected chi connectivity index (χ3v) is 7.41. The SMILES string of the molecule is CCC(C)C(N)C(=O)NC(CCSC)C(=O)NC(Cc1c[nH]c2ccccc12)C(=O)NC(C(=O)O)C(C)C. The van der Waals surface area contributed by atoms with E-state index < -0.39 is 47.9 Å². The van der Waals surface area contributed by atoms with Crippen LogP contribution < -0.4 is 21.7 Å². The van der Waals surface area contributed by atoms with Crippen LogP contribution in [-0.4, -0.2) is 70.0 Å². The molecule has 2 aromatic rings. The molecule has 0 saturated heterocycles. The number of hydrogen-bond donors (Lipinski definition) is 6. The van der Waals surface area contributed by atoms with Gasteiger partial charge in [0.15, 0.2) is 0 Å². The molecule has 11 heteroatoms. The molecule has 210 valence electrons. The second-order valence-corrected chi connectivity index (χ2v) is 10.9. The zero-order chi connectivity index (χ0) is 28.4. The van der Waals surface area contributed by atoms with Crippen LogP contribution in [-0.2, 0) is 25.6 Å². The van der Waals surface area contributed by atoms with Crippen LogP contribution in [0.15, 0.2) is 30.5 Å². The zero-order valence-corrected chi connectivity index (χ0v) is 23.6. The van der Waals surface area contributed by atoms with E-state index in [0.717, 1.165) is 16.5 Å².